The summed E-state index contributed by atoms with van der Waals surface area (Å²) in [7, 11) is -10.1. The molecule has 6 aromatic rings. The van der Waals surface area contributed by atoms with Crippen LogP contribution in [0.15, 0.2) is 138 Å². The lowest BCUT2D eigenvalue weighted by Gasteiger charge is -2.16. The zero-order chi connectivity index (χ0) is 38.9. The first kappa shape index (κ1) is 36.8. The SMILES string of the molecule is Nc1ccc(N=Nc2ccc(N=Nc3c(S(=O)(=O)O)cc4cc(S(=O)(=O)O)c(-c5ccc(N=Nc6ccc(N)cc6N)cc5)c(O)c4c3N)cc2)c(N)c1. The zero-order valence-corrected chi connectivity index (χ0v) is 29.2. The number of nitrogen functional groups attached to an aromatic ring is 5. The van der Waals surface area contributed by atoms with E-state index in [1.165, 1.54) is 54.6 Å². The molecule has 0 saturated carbocycles. The molecule has 0 radical (unpaired) electrons. The molecule has 13 N–H and O–H groups in total. The highest BCUT2D eigenvalue weighted by Crippen LogP contribution is 2.48. The summed E-state index contributed by atoms with van der Waals surface area (Å²) in [6, 6.07) is 22.9. The van der Waals surface area contributed by atoms with E-state index in [0.717, 1.165) is 12.1 Å². The van der Waals surface area contributed by atoms with Crippen molar-refractivity contribution in [3.63, 3.8) is 0 Å². The van der Waals surface area contributed by atoms with E-state index in [1.54, 1.807) is 30.3 Å². The predicted octanol–water partition coefficient (Wildman–Crippen LogP) is 7.86. The van der Waals surface area contributed by atoms with Gasteiger partial charge in [0.25, 0.3) is 20.2 Å². The van der Waals surface area contributed by atoms with E-state index in [-0.39, 0.29) is 27.6 Å². The van der Waals surface area contributed by atoms with Gasteiger partial charge in [-0.3, -0.25) is 9.11 Å². The summed E-state index contributed by atoms with van der Waals surface area (Å²) >= 11 is 0. The molecule has 0 saturated heterocycles. The van der Waals surface area contributed by atoms with Crippen LogP contribution in [0.2, 0.25) is 0 Å². The molecule has 54 heavy (non-hydrogen) atoms. The molecule has 0 bridgehead atoms. The van der Waals surface area contributed by atoms with E-state index in [9.17, 15) is 31.0 Å². The summed E-state index contributed by atoms with van der Waals surface area (Å²) < 4.78 is 70.5. The molecule has 0 atom stereocenters. The van der Waals surface area contributed by atoms with Crippen molar-refractivity contribution < 1.29 is 31.0 Å². The third-order valence-corrected chi connectivity index (χ3v) is 9.56. The third kappa shape index (κ3) is 7.75. The summed E-state index contributed by atoms with van der Waals surface area (Å²) in [6.07, 6.45) is 0. The average molecular weight is 768 g/mol. The molecular weight excluding hydrogens is 739 g/mol. The summed E-state index contributed by atoms with van der Waals surface area (Å²) in [4.78, 5) is -1.64. The molecule has 18 nitrogen and oxygen atoms in total. The van der Waals surface area contributed by atoms with Crippen molar-refractivity contribution >= 4 is 93.6 Å². The monoisotopic (exact) mass is 767 g/mol. The van der Waals surface area contributed by atoms with Gasteiger partial charge in [-0.25, -0.2) is 0 Å². The van der Waals surface area contributed by atoms with Crippen molar-refractivity contribution in [2.45, 2.75) is 9.79 Å². The number of phenols is 1. The van der Waals surface area contributed by atoms with E-state index in [0.29, 0.717) is 45.5 Å². The Bertz CT molecular complexity index is 2780. The number of hydrogen-bond donors (Lipinski definition) is 8. The maximum absolute atomic E-state index is 12.6. The Hall–Kier alpha value is -7.00. The Kier molecular flexibility index (Phi) is 9.67. The van der Waals surface area contributed by atoms with Gasteiger partial charge in [-0.05, 0) is 95.9 Å². The number of phenolic OH excluding ortho intramolecular Hbond substituents is 1. The molecule has 0 heterocycles. The second kappa shape index (κ2) is 14.2. The number of nitrogens with zero attached hydrogens (tertiary/aromatic N) is 6. The average Bonchev–Trinajstić information content (AvgIpc) is 3.10. The highest BCUT2D eigenvalue weighted by Gasteiger charge is 2.28. The summed E-state index contributed by atoms with van der Waals surface area (Å²) in [5.74, 6) is -0.753. The number of benzene rings is 6. The van der Waals surface area contributed by atoms with Crippen LogP contribution in [0.3, 0.4) is 0 Å². The number of hydrogen-bond acceptors (Lipinski definition) is 16. The molecule has 0 unspecified atom stereocenters. The Morgan fingerprint density at radius 1 is 0.500 bits per heavy atom. The zero-order valence-electron chi connectivity index (χ0n) is 27.6. The molecule has 0 aliphatic rings. The quantitative estimate of drug-likeness (QED) is 0.0396. The minimum atomic E-state index is -5.06. The van der Waals surface area contributed by atoms with Gasteiger partial charge in [0.2, 0.25) is 0 Å². The van der Waals surface area contributed by atoms with E-state index in [4.69, 9.17) is 28.7 Å². The molecule has 274 valence electrons. The van der Waals surface area contributed by atoms with E-state index in [2.05, 4.69) is 30.7 Å². The number of rotatable bonds is 9. The summed E-state index contributed by atoms with van der Waals surface area (Å²) in [6.45, 7) is 0. The molecular formula is C34H29N11O7S2. The minimum absolute atomic E-state index is 0.0886. The van der Waals surface area contributed by atoms with Gasteiger partial charge in [-0.1, -0.05) is 12.1 Å². The maximum atomic E-state index is 12.6. The van der Waals surface area contributed by atoms with Gasteiger partial charge >= 0.3 is 0 Å². The van der Waals surface area contributed by atoms with Crippen LogP contribution in [0.25, 0.3) is 21.9 Å². The lowest BCUT2D eigenvalue weighted by molar-refractivity contribution is 0.473. The minimum Gasteiger partial charge on any atom is -0.507 e. The topological polar surface area (TPSA) is 333 Å². The second-order valence-corrected chi connectivity index (χ2v) is 14.4. The first-order valence-corrected chi connectivity index (χ1v) is 18.2. The van der Waals surface area contributed by atoms with Gasteiger partial charge in [-0.2, -0.15) is 32.2 Å². The highest BCUT2D eigenvalue weighted by molar-refractivity contribution is 7.86. The smallest absolute Gasteiger partial charge is 0.296 e. The van der Waals surface area contributed by atoms with Crippen molar-refractivity contribution in [1.29, 1.82) is 0 Å². The summed E-state index contributed by atoms with van der Waals surface area (Å²) in [5.41, 5.74) is 31.5. The van der Waals surface area contributed by atoms with Gasteiger partial charge < -0.3 is 33.8 Å². The van der Waals surface area contributed by atoms with Crippen LogP contribution in [0.4, 0.5) is 62.6 Å². The Labute approximate surface area is 306 Å². The number of aromatic hydroxyl groups is 1. The molecule has 6 aromatic carbocycles. The number of azo groups is 3. The van der Waals surface area contributed by atoms with Crippen LogP contribution < -0.4 is 28.7 Å². The van der Waals surface area contributed by atoms with Crippen molar-refractivity contribution in [3.05, 3.63) is 97.1 Å². The van der Waals surface area contributed by atoms with Crippen molar-refractivity contribution in [3.8, 4) is 16.9 Å². The van der Waals surface area contributed by atoms with E-state index in [1.807, 2.05) is 0 Å². The van der Waals surface area contributed by atoms with Crippen LogP contribution in [-0.2, 0) is 20.2 Å². The third-order valence-electron chi connectivity index (χ3n) is 7.82. The van der Waals surface area contributed by atoms with Crippen LogP contribution in [0.1, 0.15) is 0 Å². The number of anilines is 5. The molecule has 0 aliphatic heterocycles. The van der Waals surface area contributed by atoms with Crippen molar-refractivity contribution in [1.82, 2.24) is 0 Å². The first-order valence-electron chi connectivity index (χ1n) is 15.3. The van der Waals surface area contributed by atoms with Crippen molar-refractivity contribution in [2.75, 3.05) is 28.7 Å². The van der Waals surface area contributed by atoms with Gasteiger partial charge in [-0.15, -0.1) is 15.3 Å². The van der Waals surface area contributed by atoms with Crippen molar-refractivity contribution in [2.24, 2.45) is 30.7 Å². The molecule has 0 spiro atoms. The van der Waals surface area contributed by atoms with E-state index < -0.39 is 47.2 Å². The van der Waals surface area contributed by atoms with E-state index >= 15 is 0 Å². The van der Waals surface area contributed by atoms with Gasteiger partial charge in [0.05, 0.1) is 34.1 Å². The second-order valence-electron chi connectivity index (χ2n) is 11.6. The molecule has 0 aromatic heterocycles. The molecule has 0 amide bonds. The Morgan fingerprint density at radius 3 is 1.37 bits per heavy atom. The predicted molar refractivity (Wildman–Crippen MR) is 205 cm³/mol. The fourth-order valence-electron chi connectivity index (χ4n) is 5.24. The largest absolute Gasteiger partial charge is 0.507 e. The lowest BCUT2D eigenvalue weighted by Crippen LogP contribution is -2.05. The molecule has 0 fully saturated rings. The first-order chi connectivity index (χ1) is 25.5. The van der Waals surface area contributed by atoms with Gasteiger partial charge in [0.15, 0.2) is 0 Å². The highest BCUT2D eigenvalue weighted by atomic mass is 32.2. The van der Waals surface area contributed by atoms with Crippen LogP contribution >= 0.6 is 0 Å². The maximum Gasteiger partial charge on any atom is 0.296 e. The van der Waals surface area contributed by atoms with Crippen LogP contribution in [0, 0.1) is 0 Å². The van der Waals surface area contributed by atoms with Gasteiger partial charge in [0.1, 0.15) is 32.6 Å². The Morgan fingerprint density at radius 2 is 0.926 bits per heavy atom. The standard InChI is InChI=1S/C34H29N11O7S2/c35-19-3-11-26(24(37)15-19)43-40-21-5-1-17(2-6-21)30-28(53(47,48)49)13-18-14-29(54(50,51)52)33(32(39)31(18)34(30)46)45-42-23-9-7-22(8-10-23)41-44-27-12-4-20(36)16-25(27)38/h1-16,46H,35-39H2,(H,47,48,49)(H,50,51,52). The normalized spacial score (nSPS) is 12.4. The molecule has 20 heteroatoms. The number of fused-ring (bicyclic) bond motifs is 1. The summed E-state index contributed by atoms with van der Waals surface area (Å²) in [5, 5.41) is 35.5. The van der Waals surface area contributed by atoms with Crippen LogP contribution in [-0.4, -0.2) is 31.0 Å². The fraction of sp³-hybridized carbons (Fsp3) is 0. The van der Waals surface area contributed by atoms with Crippen LogP contribution in [0.5, 0.6) is 5.75 Å². The fourth-order valence-corrected chi connectivity index (χ4v) is 6.66. The van der Waals surface area contributed by atoms with Gasteiger partial charge in [0, 0.05) is 22.3 Å². The lowest BCUT2D eigenvalue weighted by atomic mass is 9.97. The number of nitrogens with two attached hydrogens (primary N) is 5. The molecule has 6 rings (SSSR count). The Balaban J connectivity index is 1.40. The molecule has 0 aliphatic carbocycles.